The van der Waals surface area contributed by atoms with Crippen molar-refractivity contribution in [1.29, 1.82) is 0 Å². The van der Waals surface area contributed by atoms with Gasteiger partial charge in [0, 0.05) is 12.6 Å². The van der Waals surface area contributed by atoms with Crippen LogP contribution in [0.15, 0.2) is 65.5 Å². The Morgan fingerprint density at radius 3 is 2.36 bits per heavy atom. The molecule has 3 aromatic carbocycles. The highest BCUT2D eigenvalue weighted by Crippen LogP contribution is 2.38. The summed E-state index contributed by atoms with van der Waals surface area (Å²) in [6.45, 7) is 3.82. The lowest BCUT2D eigenvalue weighted by molar-refractivity contribution is -0.137. The van der Waals surface area contributed by atoms with Crippen molar-refractivity contribution in [3.63, 3.8) is 0 Å². The zero-order valence-electron chi connectivity index (χ0n) is 18.2. The molecule has 0 aliphatic rings. The van der Waals surface area contributed by atoms with Crippen molar-refractivity contribution in [2.24, 2.45) is 7.05 Å². The van der Waals surface area contributed by atoms with Crippen LogP contribution in [-0.4, -0.2) is 19.8 Å². The predicted octanol–water partition coefficient (Wildman–Crippen LogP) is 4.85. The normalized spacial score (nSPS) is 11.6. The van der Waals surface area contributed by atoms with Crippen molar-refractivity contribution in [2.45, 2.75) is 26.6 Å². The molecular weight excluding hydrogens is 433 g/mol. The van der Waals surface area contributed by atoms with Crippen LogP contribution in [0.1, 0.15) is 22.3 Å². The Morgan fingerprint density at radius 1 is 0.939 bits per heavy atom. The molecule has 4 aromatic rings. The molecule has 9 heteroatoms. The van der Waals surface area contributed by atoms with Crippen molar-refractivity contribution in [3.05, 3.63) is 93.4 Å². The van der Waals surface area contributed by atoms with Crippen molar-refractivity contribution in [1.82, 2.24) is 19.8 Å². The number of benzene rings is 3. The van der Waals surface area contributed by atoms with Crippen LogP contribution in [0.2, 0.25) is 0 Å². The van der Waals surface area contributed by atoms with Crippen LogP contribution in [0, 0.1) is 13.8 Å². The number of aromatic nitrogens is 4. The van der Waals surface area contributed by atoms with Gasteiger partial charge >= 0.3 is 11.9 Å². The van der Waals surface area contributed by atoms with E-state index < -0.39 is 11.7 Å². The van der Waals surface area contributed by atoms with Crippen LogP contribution < -0.4 is 10.4 Å². The molecule has 1 heterocycles. The van der Waals surface area contributed by atoms with E-state index in [9.17, 15) is 18.0 Å². The Hall–Kier alpha value is -3.88. The first-order chi connectivity index (χ1) is 15.7. The maximum atomic E-state index is 13.4. The lowest BCUT2D eigenvalue weighted by Gasteiger charge is -2.16. The lowest BCUT2D eigenvalue weighted by Crippen LogP contribution is -2.23. The molecule has 0 bridgehead atoms. The van der Waals surface area contributed by atoms with E-state index >= 15 is 0 Å². The molecule has 0 unspecified atom stereocenters. The van der Waals surface area contributed by atoms with Crippen LogP contribution >= 0.6 is 0 Å². The van der Waals surface area contributed by atoms with Gasteiger partial charge in [0.25, 0.3) is 0 Å². The van der Waals surface area contributed by atoms with Gasteiger partial charge in [0.05, 0.1) is 11.3 Å². The van der Waals surface area contributed by atoms with Crippen LogP contribution in [0.3, 0.4) is 0 Å². The first-order valence-electron chi connectivity index (χ1n) is 10.1. The van der Waals surface area contributed by atoms with E-state index in [0.717, 1.165) is 21.9 Å². The number of hydrogen-bond acceptors (Lipinski definition) is 4. The third-order valence-corrected chi connectivity index (χ3v) is 5.43. The minimum atomic E-state index is -4.45. The molecule has 0 saturated carbocycles. The highest BCUT2D eigenvalue weighted by molar-refractivity contribution is 5.69. The molecule has 1 aromatic heterocycles. The van der Waals surface area contributed by atoms with Crippen LogP contribution in [0.4, 0.5) is 13.2 Å². The van der Waals surface area contributed by atoms with Crippen LogP contribution in [0.5, 0.6) is 5.75 Å². The molecule has 0 aliphatic carbocycles. The highest BCUT2D eigenvalue weighted by Gasteiger charge is 2.33. The lowest BCUT2D eigenvalue weighted by atomic mass is 9.97. The summed E-state index contributed by atoms with van der Waals surface area (Å²) in [5.74, 6) is 0.531. The van der Waals surface area contributed by atoms with E-state index in [2.05, 4.69) is 10.4 Å². The van der Waals surface area contributed by atoms with Gasteiger partial charge in [-0.1, -0.05) is 36.4 Å². The van der Waals surface area contributed by atoms with Gasteiger partial charge in [0.2, 0.25) is 0 Å². The fraction of sp³-hybridized carbons (Fsp3) is 0.208. The number of nitrogens with zero attached hydrogens (tertiary/aromatic N) is 4. The fourth-order valence-electron chi connectivity index (χ4n) is 3.65. The van der Waals surface area contributed by atoms with Gasteiger partial charge in [-0.3, -0.25) is 0 Å². The van der Waals surface area contributed by atoms with Gasteiger partial charge in [-0.25, -0.2) is 4.79 Å². The number of alkyl halides is 3. The average molecular weight is 454 g/mol. The summed E-state index contributed by atoms with van der Waals surface area (Å²) in [4.78, 5) is 12.3. The quantitative estimate of drug-likeness (QED) is 0.433. The summed E-state index contributed by atoms with van der Waals surface area (Å²) in [6.07, 6.45) is -4.45. The number of halogens is 3. The second-order valence-corrected chi connectivity index (χ2v) is 7.68. The minimum absolute atomic E-state index is 0.114. The molecule has 0 spiro atoms. The third-order valence-electron chi connectivity index (χ3n) is 5.43. The summed E-state index contributed by atoms with van der Waals surface area (Å²) in [6, 6.07) is 15.9. The first-order valence-corrected chi connectivity index (χ1v) is 10.1. The van der Waals surface area contributed by atoms with E-state index in [0.29, 0.717) is 22.6 Å². The molecule has 0 N–H and O–H groups in total. The van der Waals surface area contributed by atoms with E-state index in [4.69, 9.17) is 4.74 Å². The molecular formula is C24H21F3N4O2. The van der Waals surface area contributed by atoms with E-state index in [1.54, 1.807) is 37.3 Å². The molecule has 0 fully saturated rings. The molecule has 170 valence electrons. The van der Waals surface area contributed by atoms with E-state index in [1.807, 2.05) is 19.1 Å². The largest absolute Gasteiger partial charge is 0.489 e. The van der Waals surface area contributed by atoms with Gasteiger partial charge in [0.1, 0.15) is 12.4 Å². The van der Waals surface area contributed by atoms with Crippen LogP contribution in [0.25, 0.3) is 16.8 Å². The smallest absolute Gasteiger partial charge is 0.417 e. The monoisotopic (exact) mass is 454 g/mol. The van der Waals surface area contributed by atoms with Crippen molar-refractivity contribution < 1.29 is 17.9 Å². The third kappa shape index (κ3) is 4.39. The first kappa shape index (κ1) is 22.3. The molecule has 6 nitrogen and oxygen atoms in total. The van der Waals surface area contributed by atoms with Crippen molar-refractivity contribution in [3.8, 4) is 22.6 Å². The van der Waals surface area contributed by atoms with Crippen LogP contribution in [-0.2, 0) is 19.8 Å². The Bertz CT molecular complexity index is 1370. The van der Waals surface area contributed by atoms with Gasteiger partial charge in [0.15, 0.2) is 0 Å². The standard InChI is InChI=1S/C24H21F3N4O2/c1-15-7-6-10-21(31-23(32)30(3)28-29-31)19(15)14-33-22-12-11-17(13-16(22)2)18-8-4-5-9-20(18)24(25,26)27/h4-13H,14H2,1-3H3. The second kappa shape index (κ2) is 8.57. The zero-order chi connectivity index (χ0) is 23.8. The van der Waals surface area contributed by atoms with Gasteiger partial charge in [-0.15, -0.1) is 0 Å². The van der Waals surface area contributed by atoms with Crippen molar-refractivity contribution in [2.75, 3.05) is 0 Å². The molecule has 0 radical (unpaired) electrons. The number of ether oxygens (including phenoxy) is 1. The molecule has 4 rings (SSSR count). The van der Waals surface area contributed by atoms with Crippen molar-refractivity contribution >= 4 is 0 Å². The van der Waals surface area contributed by atoms with Gasteiger partial charge in [-0.2, -0.15) is 22.5 Å². The summed E-state index contributed by atoms with van der Waals surface area (Å²) in [5, 5.41) is 7.66. The summed E-state index contributed by atoms with van der Waals surface area (Å²) < 4.78 is 48.6. The Kier molecular flexibility index (Phi) is 5.80. The number of tetrazole rings is 1. The zero-order valence-corrected chi connectivity index (χ0v) is 18.2. The maximum absolute atomic E-state index is 13.4. The fourth-order valence-corrected chi connectivity index (χ4v) is 3.65. The highest BCUT2D eigenvalue weighted by atomic mass is 19.4. The average Bonchev–Trinajstić information content (AvgIpc) is 3.11. The molecule has 0 aliphatic heterocycles. The molecule has 0 saturated heterocycles. The summed E-state index contributed by atoms with van der Waals surface area (Å²) in [5.41, 5.74) is 2.41. The van der Waals surface area contributed by atoms with E-state index in [-0.39, 0.29) is 17.9 Å². The minimum Gasteiger partial charge on any atom is -0.489 e. The Balaban J connectivity index is 1.63. The SMILES string of the molecule is Cc1cc(-c2ccccc2C(F)(F)F)ccc1OCc1c(C)cccc1-n1nnn(C)c1=O. The topological polar surface area (TPSA) is 61.9 Å². The molecule has 33 heavy (non-hydrogen) atoms. The molecule has 0 atom stereocenters. The Morgan fingerprint density at radius 2 is 1.70 bits per heavy atom. The van der Waals surface area contributed by atoms with Gasteiger partial charge < -0.3 is 4.74 Å². The number of aryl methyl sites for hydroxylation is 3. The molecule has 0 amide bonds. The maximum Gasteiger partial charge on any atom is 0.417 e. The second-order valence-electron chi connectivity index (χ2n) is 7.68. The summed E-state index contributed by atoms with van der Waals surface area (Å²) in [7, 11) is 1.51. The van der Waals surface area contributed by atoms with E-state index in [1.165, 1.54) is 23.9 Å². The predicted molar refractivity (Wildman–Crippen MR) is 117 cm³/mol. The number of rotatable bonds is 5. The number of hydrogen-bond donors (Lipinski definition) is 0. The van der Waals surface area contributed by atoms with Gasteiger partial charge in [-0.05, 0) is 70.8 Å². The summed E-state index contributed by atoms with van der Waals surface area (Å²) >= 11 is 0. The Labute approximate surface area is 187 Å².